The van der Waals surface area contributed by atoms with E-state index >= 15 is 0 Å². The highest BCUT2D eigenvalue weighted by molar-refractivity contribution is 5.77. The van der Waals surface area contributed by atoms with Gasteiger partial charge in [-0.3, -0.25) is 9.59 Å². The van der Waals surface area contributed by atoms with E-state index in [1.54, 1.807) is 27.7 Å². The number of carboxylic acids is 1. The molecule has 0 aliphatic heterocycles. The van der Waals surface area contributed by atoms with Crippen LogP contribution in [-0.4, -0.2) is 29.1 Å². The highest BCUT2D eigenvalue weighted by atomic mass is 16.4. The number of carbonyl (C=O) groups excluding carboxylic acids is 1. The van der Waals surface area contributed by atoms with Crippen molar-refractivity contribution in [1.29, 1.82) is 0 Å². The van der Waals surface area contributed by atoms with E-state index in [0.717, 1.165) is 0 Å². The fraction of sp³-hybridized carbons (Fsp3) is 0.778. The van der Waals surface area contributed by atoms with E-state index in [2.05, 4.69) is 5.32 Å². The minimum absolute atomic E-state index is 0.0241. The SMILES string of the molecule is CC(C)(NCC(N)=O)C(C)(C)C(=O)O. The van der Waals surface area contributed by atoms with Crippen LogP contribution >= 0.6 is 0 Å². The fourth-order valence-corrected chi connectivity index (χ4v) is 0.796. The largest absolute Gasteiger partial charge is 0.481 e. The van der Waals surface area contributed by atoms with E-state index in [1.807, 2.05) is 0 Å². The van der Waals surface area contributed by atoms with Gasteiger partial charge in [0, 0.05) is 5.54 Å². The molecule has 0 aliphatic rings. The Morgan fingerprint density at radius 2 is 1.71 bits per heavy atom. The van der Waals surface area contributed by atoms with Gasteiger partial charge in [0.2, 0.25) is 5.91 Å². The number of hydrogen-bond acceptors (Lipinski definition) is 3. The molecule has 0 saturated carbocycles. The molecule has 0 rings (SSSR count). The van der Waals surface area contributed by atoms with E-state index in [9.17, 15) is 9.59 Å². The average molecular weight is 202 g/mol. The number of amides is 1. The standard InChI is InChI=1S/C9H18N2O3/c1-8(2,7(13)14)9(3,4)11-5-6(10)12/h11H,5H2,1-4H3,(H2,10,12)(H,13,14). The predicted octanol–water partition coefficient (Wildman–Crippen LogP) is -0.0493. The van der Waals surface area contributed by atoms with Crippen molar-refractivity contribution in [3.05, 3.63) is 0 Å². The van der Waals surface area contributed by atoms with Crippen LogP contribution in [0.3, 0.4) is 0 Å². The molecule has 4 N–H and O–H groups in total. The fourth-order valence-electron chi connectivity index (χ4n) is 0.796. The summed E-state index contributed by atoms with van der Waals surface area (Å²) in [6.45, 7) is 6.63. The normalized spacial score (nSPS) is 12.6. The van der Waals surface area contributed by atoms with Crippen LogP contribution in [0.4, 0.5) is 0 Å². The number of hydrogen-bond donors (Lipinski definition) is 3. The Kier molecular flexibility index (Phi) is 3.65. The first kappa shape index (κ1) is 12.9. The van der Waals surface area contributed by atoms with Gasteiger partial charge in [-0.1, -0.05) is 0 Å². The molecule has 0 atom stereocenters. The Hall–Kier alpha value is -1.10. The van der Waals surface area contributed by atoms with Gasteiger partial charge in [0.1, 0.15) is 0 Å². The van der Waals surface area contributed by atoms with Crippen LogP contribution in [0.15, 0.2) is 0 Å². The lowest BCUT2D eigenvalue weighted by molar-refractivity contribution is -0.151. The quantitative estimate of drug-likeness (QED) is 0.582. The van der Waals surface area contributed by atoms with Crippen molar-refractivity contribution >= 4 is 11.9 Å². The first-order valence-corrected chi connectivity index (χ1v) is 4.38. The molecule has 1 amide bonds. The lowest BCUT2D eigenvalue weighted by Gasteiger charge is -2.38. The summed E-state index contributed by atoms with van der Waals surface area (Å²) in [5.41, 5.74) is 3.30. The zero-order valence-corrected chi connectivity index (χ0v) is 9.05. The zero-order chi connectivity index (χ0) is 11.6. The molecule has 0 aliphatic carbocycles. The molecule has 5 nitrogen and oxygen atoms in total. The minimum Gasteiger partial charge on any atom is -0.481 e. The zero-order valence-electron chi connectivity index (χ0n) is 9.05. The third-order valence-electron chi connectivity index (χ3n) is 2.80. The van der Waals surface area contributed by atoms with Gasteiger partial charge in [0.05, 0.1) is 12.0 Å². The van der Waals surface area contributed by atoms with Gasteiger partial charge in [-0.15, -0.1) is 0 Å². The molecule has 0 aromatic rings. The summed E-state index contributed by atoms with van der Waals surface area (Å²) in [5.74, 6) is -1.42. The van der Waals surface area contributed by atoms with Crippen molar-refractivity contribution in [1.82, 2.24) is 5.32 Å². The van der Waals surface area contributed by atoms with Crippen molar-refractivity contribution in [2.75, 3.05) is 6.54 Å². The van der Waals surface area contributed by atoms with Gasteiger partial charge < -0.3 is 16.2 Å². The summed E-state index contributed by atoms with van der Waals surface area (Å²) < 4.78 is 0. The van der Waals surface area contributed by atoms with Gasteiger partial charge >= 0.3 is 5.97 Å². The van der Waals surface area contributed by atoms with Crippen molar-refractivity contribution in [2.45, 2.75) is 33.2 Å². The van der Waals surface area contributed by atoms with E-state index in [-0.39, 0.29) is 6.54 Å². The van der Waals surface area contributed by atoms with Crippen molar-refractivity contribution < 1.29 is 14.7 Å². The van der Waals surface area contributed by atoms with Crippen LogP contribution in [0.5, 0.6) is 0 Å². The van der Waals surface area contributed by atoms with Crippen LogP contribution in [0.25, 0.3) is 0 Å². The maximum Gasteiger partial charge on any atom is 0.310 e. The second-order valence-corrected chi connectivity index (χ2v) is 4.38. The molecular weight excluding hydrogens is 184 g/mol. The molecule has 0 bridgehead atoms. The molecule has 0 spiro atoms. The van der Waals surface area contributed by atoms with Crippen LogP contribution in [-0.2, 0) is 9.59 Å². The molecule has 0 aromatic heterocycles. The molecule has 0 fully saturated rings. The van der Waals surface area contributed by atoms with E-state index in [1.165, 1.54) is 0 Å². The second kappa shape index (κ2) is 3.96. The van der Waals surface area contributed by atoms with Crippen molar-refractivity contribution in [3.63, 3.8) is 0 Å². The highest BCUT2D eigenvalue weighted by Gasteiger charge is 2.43. The Morgan fingerprint density at radius 3 is 2.00 bits per heavy atom. The van der Waals surface area contributed by atoms with E-state index < -0.39 is 22.8 Å². The number of rotatable bonds is 5. The molecule has 0 heterocycles. The number of nitrogens with one attached hydrogen (secondary N) is 1. The maximum atomic E-state index is 11.0. The first-order valence-electron chi connectivity index (χ1n) is 4.38. The molecule has 0 unspecified atom stereocenters. The van der Waals surface area contributed by atoms with Crippen LogP contribution in [0.2, 0.25) is 0 Å². The summed E-state index contributed by atoms with van der Waals surface area (Å²) in [5, 5.41) is 11.8. The predicted molar refractivity (Wildman–Crippen MR) is 52.7 cm³/mol. The van der Waals surface area contributed by atoms with Crippen LogP contribution < -0.4 is 11.1 Å². The summed E-state index contributed by atoms with van der Waals surface area (Å²) in [6.07, 6.45) is 0. The van der Waals surface area contributed by atoms with E-state index in [0.29, 0.717) is 0 Å². The highest BCUT2D eigenvalue weighted by Crippen LogP contribution is 2.30. The summed E-state index contributed by atoms with van der Waals surface area (Å²) in [7, 11) is 0. The average Bonchev–Trinajstić information content (AvgIpc) is 2.00. The van der Waals surface area contributed by atoms with E-state index in [4.69, 9.17) is 10.8 Å². The van der Waals surface area contributed by atoms with Crippen molar-refractivity contribution in [2.24, 2.45) is 11.1 Å². The van der Waals surface area contributed by atoms with Gasteiger partial charge in [0.25, 0.3) is 0 Å². The monoisotopic (exact) mass is 202 g/mol. The molecule has 0 saturated heterocycles. The molecule has 5 heteroatoms. The second-order valence-electron chi connectivity index (χ2n) is 4.38. The Balaban J connectivity index is 4.59. The topological polar surface area (TPSA) is 92.4 Å². The first-order chi connectivity index (χ1) is 6.11. The number of primary amides is 1. The van der Waals surface area contributed by atoms with Gasteiger partial charge in [-0.05, 0) is 27.7 Å². The Morgan fingerprint density at radius 1 is 1.29 bits per heavy atom. The molecular formula is C9H18N2O3. The maximum absolute atomic E-state index is 11.0. The number of aliphatic carboxylic acids is 1. The lowest BCUT2D eigenvalue weighted by Crippen LogP contribution is -2.56. The molecule has 82 valence electrons. The van der Waals surface area contributed by atoms with Gasteiger partial charge in [-0.25, -0.2) is 0 Å². The Labute approximate surface area is 83.7 Å². The molecule has 14 heavy (non-hydrogen) atoms. The Bertz CT molecular complexity index is 246. The molecule has 0 aromatic carbocycles. The van der Waals surface area contributed by atoms with Gasteiger partial charge in [-0.2, -0.15) is 0 Å². The van der Waals surface area contributed by atoms with Gasteiger partial charge in [0.15, 0.2) is 0 Å². The number of nitrogens with two attached hydrogens (primary N) is 1. The molecule has 0 radical (unpaired) electrons. The van der Waals surface area contributed by atoms with Crippen molar-refractivity contribution in [3.8, 4) is 0 Å². The number of carbonyl (C=O) groups is 2. The number of carboxylic acid groups (broad SMARTS) is 1. The summed E-state index contributed by atoms with van der Waals surface area (Å²) >= 11 is 0. The summed E-state index contributed by atoms with van der Waals surface area (Å²) in [4.78, 5) is 21.5. The lowest BCUT2D eigenvalue weighted by atomic mass is 9.74. The minimum atomic E-state index is -0.970. The summed E-state index contributed by atoms with van der Waals surface area (Å²) in [6, 6.07) is 0. The van der Waals surface area contributed by atoms with Crippen LogP contribution in [0.1, 0.15) is 27.7 Å². The smallest absolute Gasteiger partial charge is 0.310 e. The third-order valence-corrected chi connectivity index (χ3v) is 2.80. The van der Waals surface area contributed by atoms with Crippen LogP contribution in [0, 0.1) is 5.41 Å². The third kappa shape index (κ3) is 2.70.